The summed E-state index contributed by atoms with van der Waals surface area (Å²) >= 11 is 0. The smallest absolute Gasteiger partial charge is 0.336 e. The number of nitro benzene ring substituents is 1. The van der Waals surface area contributed by atoms with Crippen molar-refractivity contribution in [3.8, 4) is 17.2 Å². The van der Waals surface area contributed by atoms with E-state index in [0.29, 0.717) is 59.9 Å². The minimum Gasteiger partial charge on any atom is -0.493 e. The van der Waals surface area contributed by atoms with Crippen LogP contribution in [0.3, 0.4) is 0 Å². The molecule has 4 aromatic rings. The molecule has 0 atom stereocenters. The van der Waals surface area contributed by atoms with Crippen molar-refractivity contribution >= 4 is 27.6 Å². The van der Waals surface area contributed by atoms with Crippen LogP contribution in [0.25, 0.3) is 21.9 Å². The standard InChI is InChI=1S/C22H19NO8/c1-27-20-12-14(23(25)26)4-6-17(20)28-9-2-3-10-30-22-15-5-7-21(24)31-19(15)13-18-16(22)8-11-29-18/h4-8,11-13H,2-3,9-10H2,1H3. The van der Waals surface area contributed by atoms with Gasteiger partial charge in [0.05, 0.1) is 48.3 Å². The molecule has 160 valence electrons. The predicted molar refractivity (Wildman–Crippen MR) is 112 cm³/mol. The van der Waals surface area contributed by atoms with Gasteiger partial charge in [-0.3, -0.25) is 10.1 Å². The molecule has 0 saturated heterocycles. The van der Waals surface area contributed by atoms with Gasteiger partial charge in [-0.1, -0.05) is 0 Å². The van der Waals surface area contributed by atoms with E-state index in [1.807, 2.05) is 0 Å². The first-order valence-electron chi connectivity index (χ1n) is 9.59. The molecule has 0 fully saturated rings. The molecular weight excluding hydrogens is 406 g/mol. The third kappa shape index (κ3) is 4.30. The fourth-order valence-corrected chi connectivity index (χ4v) is 3.22. The summed E-state index contributed by atoms with van der Waals surface area (Å²) in [6.07, 6.45) is 2.94. The zero-order chi connectivity index (χ0) is 21.8. The summed E-state index contributed by atoms with van der Waals surface area (Å²) in [4.78, 5) is 21.9. The topological polar surface area (TPSA) is 114 Å². The van der Waals surface area contributed by atoms with Gasteiger partial charge in [0.1, 0.15) is 16.9 Å². The van der Waals surface area contributed by atoms with Crippen molar-refractivity contribution in [1.29, 1.82) is 0 Å². The van der Waals surface area contributed by atoms with E-state index in [-0.39, 0.29) is 5.69 Å². The Balaban J connectivity index is 1.36. The second kappa shape index (κ2) is 8.78. The molecule has 2 heterocycles. The molecule has 4 rings (SSSR count). The average molecular weight is 425 g/mol. The summed E-state index contributed by atoms with van der Waals surface area (Å²) in [5, 5.41) is 12.4. The lowest BCUT2D eigenvalue weighted by atomic mass is 10.1. The van der Waals surface area contributed by atoms with Gasteiger partial charge in [0.2, 0.25) is 0 Å². The number of benzene rings is 2. The van der Waals surface area contributed by atoms with Crippen LogP contribution >= 0.6 is 0 Å². The molecule has 0 saturated carbocycles. The zero-order valence-corrected chi connectivity index (χ0v) is 16.7. The highest BCUT2D eigenvalue weighted by Gasteiger charge is 2.14. The lowest BCUT2D eigenvalue weighted by Crippen LogP contribution is -2.04. The molecule has 2 aromatic carbocycles. The number of hydrogen-bond acceptors (Lipinski definition) is 8. The molecule has 2 aromatic heterocycles. The van der Waals surface area contributed by atoms with Crippen LogP contribution in [-0.4, -0.2) is 25.2 Å². The number of nitro groups is 1. The zero-order valence-electron chi connectivity index (χ0n) is 16.7. The van der Waals surface area contributed by atoms with Crippen LogP contribution in [0, 0.1) is 10.1 Å². The summed E-state index contributed by atoms with van der Waals surface area (Å²) in [6, 6.07) is 10.7. The second-order valence-electron chi connectivity index (χ2n) is 6.70. The van der Waals surface area contributed by atoms with Crippen LogP contribution in [-0.2, 0) is 0 Å². The van der Waals surface area contributed by atoms with Gasteiger partial charge in [-0.2, -0.15) is 0 Å². The highest BCUT2D eigenvalue weighted by atomic mass is 16.6. The number of nitrogens with zero attached hydrogens (tertiary/aromatic N) is 1. The number of ether oxygens (including phenoxy) is 3. The number of non-ortho nitro benzene ring substituents is 1. The highest BCUT2D eigenvalue weighted by molar-refractivity contribution is 6.01. The Kier molecular flexibility index (Phi) is 5.74. The van der Waals surface area contributed by atoms with Gasteiger partial charge in [-0.25, -0.2) is 4.79 Å². The van der Waals surface area contributed by atoms with Crippen LogP contribution in [0.1, 0.15) is 12.8 Å². The summed E-state index contributed by atoms with van der Waals surface area (Å²) in [5.74, 6) is 1.35. The van der Waals surface area contributed by atoms with Gasteiger partial charge in [-0.05, 0) is 31.0 Å². The van der Waals surface area contributed by atoms with Crippen LogP contribution in [0.2, 0.25) is 0 Å². The molecule has 0 unspecified atom stereocenters. The van der Waals surface area contributed by atoms with Gasteiger partial charge in [0, 0.05) is 18.2 Å². The van der Waals surface area contributed by atoms with Gasteiger partial charge in [-0.15, -0.1) is 0 Å². The second-order valence-corrected chi connectivity index (χ2v) is 6.70. The normalized spacial score (nSPS) is 11.0. The number of rotatable bonds is 9. The monoisotopic (exact) mass is 425 g/mol. The molecular formula is C22H19NO8. The third-order valence-corrected chi connectivity index (χ3v) is 4.71. The number of hydrogen-bond donors (Lipinski definition) is 0. The molecule has 0 aliphatic carbocycles. The molecule has 0 radical (unpaired) electrons. The molecule has 0 aliphatic rings. The Labute approximate surface area is 175 Å². The van der Waals surface area contributed by atoms with Crippen molar-refractivity contribution in [2.75, 3.05) is 20.3 Å². The minimum atomic E-state index is -0.487. The van der Waals surface area contributed by atoms with Gasteiger partial charge in [0.25, 0.3) is 5.69 Å². The molecule has 9 heteroatoms. The predicted octanol–water partition coefficient (Wildman–Crippen LogP) is 4.69. The number of unbranched alkanes of at least 4 members (excludes halogenated alkanes) is 1. The van der Waals surface area contributed by atoms with E-state index < -0.39 is 10.5 Å². The van der Waals surface area contributed by atoms with Gasteiger partial charge < -0.3 is 23.0 Å². The molecule has 31 heavy (non-hydrogen) atoms. The lowest BCUT2D eigenvalue weighted by Gasteiger charge is -2.12. The summed E-state index contributed by atoms with van der Waals surface area (Å²) in [5.41, 5.74) is 0.473. The van der Waals surface area contributed by atoms with Gasteiger partial charge >= 0.3 is 5.63 Å². The Morgan fingerprint density at radius 1 is 0.935 bits per heavy atom. The maximum absolute atomic E-state index is 11.5. The van der Waals surface area contributed by atoms with Crippen LogP contribution in [0.4, 0.5) is 5.69 Å². The fourth-order valence-electron chi connectivity index (χ4n) is 3.22. The van der Waals surface area contributed by atoms with E-state index in [1.165, 1.54) is 31.4 Å². The van der Waals surface area contributed by atoms with Crippen LogP contribution < -0.4 is 19.8 Å². The van der Waals surface area contributed by atoms with E-state index >= 15 is 0 Å². The molecule has 0 N–H and O–H groups in total. The molecule has 9 nitrogen and oxygen atoms in total. The van der Waals surface area contributed by atoms with Gasteiger partial charge in [0.15, 0.2) is 11.5 Å². The Morgan fingerprint density at radius 3 is 2.48 bits per heavy atom. The fraction of sp³-hybridized carbons (Fsp3) is 0.227. The first-order valence-corrected chi connectivity index (χ1v) is 9.59. The van der Waals surface area contributed by atoms with E-state index in [4.69, 9.17) is 23.0 Å². The van der Waals surface area contributed by atoms with Crippen molar-refractivity contribution in [2.45, 2.75) is 12.8 Å². The summed E-state index contributed by atoms with van der Waals surface area (Å²) in [6.45, 7) is 0.808. The van der Waals surface area contributed by atoms with Crippen molar-refractivity contribution in [3.05, 3.63) is 69.3 Å². The Bertz CT molecular complexity index is 1290. The van der Waals surface area contributed by atoms with Crippen LogP contribution in [0.15, 0.2) is 62.4 Å². The van der Waals surface area contributed by atoms with E-state index in [1.54, 1.807) is 24.5 Å². The number of furan rings is 1. The Morgan fingerprint density at radius 2 is 1.71 bits per heavy atom. The maximum Gasteiger partial charge on any atom is 0.336 e. The lowest BCUT2D eigenvalue weighted by molar-refractivity contribution is -0.385. The molecule has 0 bridgehead atoms. The quantitative estimate of drug-likeness (QED) is 0.164. The SMILES string of the molecule is COc1cc([N+](=O)[O-])ccc1OCCCCOc1c2ccoc2cc2oc(=O)ccc12. The minimum absolute atomic E-state index is 0.0610. The van der Waals surface area contributed by atoms with Crippen molar-refractivity contribution in [1.82, 2.24) is 0 Å². The van der Waals surface area contributed by atoms with Crippen molar-refractivity contribution in [2.24, 2.45) is 0 Å². The first-order chi connectivity index (χ1) is 15.1. The van der Waals surface area contributed by atoms with Crippen molar-refractivity contribution < 1.29 is 28.0 Å². The maximum atomic E-state index is 11.5. The van der Waals surface area contributed by atoms with Crippen LogP contribution in [0.5, 0.6) is 17.2 Å². The molecule has 0 spiro atoms. The molecule has 0 amide bonds. The highest BCUT2D eigenvalue weighted by Crippen LogP contribution is 2.35. The van der Waals surface area contributed by atoms with E-state index in [9.17, 15) is 14.9 Å². The largest absolute Gasteiger partial charge is 0.493 e. The summed E-state index contributed by atoms with van der Waals surface area (Å²) in [7, 11) is 1.43. The van der Waals surface area contributed by atoms with E-state index in [0.717, 1.165) is 5.39 Å². The average Bonchev–Trinajstić information content (AvgIpc) is 3.23. The Hall–Kier alpha value is -4.01. The number of methoxy groups -OCH3 is 1. The third-order valence-electron chi connectivity index (χ3n) is 4.71. The number of fused-ring (bicyclic) bond motifs is 2. The van der Waals surface area contributed by atoms with E-state index in [2.05, 4.69) is 0 Å². The van der Waals surface area contributed by atoms with Crippen molar-refractivity contribution in [3.63, 3.8) is 0 Å². The summed E-state index contributed by atoms with van der Waals surface area (Å²) < 4.78 is 27.5. The molecule has 0 aliphatic heterocycles. The first kappa shape index (κ1) is 20.3.